The van der Waals surface area contributed by atoms with Gasteiger partial charge in [-0.15, -0.1) is 0 Å². The molecule has 1 saturated heterocycles. The topological polar surface area (TPSA) is 93.2 Å². The number of benzene rings is 1. The first kappa shape index (κ1) is 24.7. The molecule has 1 heterocycles. The van der Waals surface area contributed by atoms with Crippen molar-refractivity contribution in [2.45, 2.75) is 65.0 Å². The molecule has 8 heteroatoms. The molecule has 180 valence electrons. The number of nitrogens with zero attached hydrogens (tertiary/aromatic N) is 2. The Kier molecular flexibility index (Phi) is 7.76. The molecule has 1 aliphatic carbocycles. The van der Waals surface area contributed by atoms with Crippen LogP contribution in [0.4, 0.5) is 0 Å². The van der Waals surface area contributed by atoms with Crippen LogP contribution in [0.2, 0.25) is 0 Å². The molecule has 2 fully saturated rings. The van der Waals surface area contributed by atoms with Crippen molar-refractivity contribution in [1.29, 1.82) is 0 Å². The van der Waals surface area contributed by atoms with Crippen LogP contribution in [-0.4, -0.2) is 66.0 Å². The summed E-state index contributed by atoms with van der Waals surface area (Å²) in [6, 6.07) is 7.79. The Balaban J connectivity index is 1.79. The van der Waals surface area contributed by atoms with Crippen molar-refractivity contribution in [1.82, 2.24) is 9.80 Å². The predicted octanol–water partition coefficient (Wildman–Crippen LogP) is 3.01. The molecule has 0 spiro atoms. The molecule has 0 N–H and O–H groups in total. The van der Waals surface area contributed by atoms with Crippen molar-refractivity contribution >= 4 is 23.8 Å². The van der Waals surface area contributed by atoms with Crippen LogP contribution in [0.15, 0.2) is 30.3 Å². The molecule has 2 atom stereocenters. The zero-order valence-corrected chi connectivity index (χ0v) is 19.9. The summed E-state index contributed by atoms with van der Waals surface area (Å²) in [7, 11) is 1.26. The average molecular weight is 459 g/mol. The molecule has 8 nitrogen and oxygen atoms in total. The minimum atomic E-state index is -0.925. The van der Waals surface area contributed by atoms with Gasteiger partial charge in [0.25, 0.3) is 5.91 Å². The van der Waals surface area contributed by atoms with E-state index in [1.54, 1.807) is 24.3 Å². The average Bonchev–Trinajstić information content (AvgIpc) is 3.46. The second kappa shape index (κ2) is 10.4. The van der Waals surface area contributed by atoms with Crippen molar-refractivity contribution in [3.8, 4) is 0 Å². The zero-order valence-electron chi connectivity index (χ0n) is 19.9. The highest BCUT2D eigenvalue weighted by Crippen LogP contribution is 2.34. The largest absolute Gasteiger partial charge is 0.467 e. The molecule has 0 bridgehead atoms. The standard InChI is InChI=1S/C25H34N2O6/c1-25(2,3)19(14-21(28)33-18-12-8-9-13-18)23(30)27-16-26(15-20(27)24(31)32-4)22(29)17-10-6-5-7-11-17/h5-7,10-11,18-20H,8-9,12-16H2,1-4H3/t19-,20+/m1/s1. The Labute approximate surface area is 195 Å². The monoisotopic (exact) mass is 458 g/mol. The molecular formula is C25H34N2O6. The molecule has 0 unspecified atom stereocenters. The van der Waals surface area contributed by atoms with Crippen LogP contribution in [0.5, 0.6) is 0 Å². The highest BCUT2D eigenvalue weighted by molar-refractivity contribution is 5.96. The number of hydrogen-bond acceptors (Lipinski definition) is 6. The van der Waals surface area contributed by atoms with Crippen molar-refractivity contribution in [3.63, 3.8) is 0 Å². The summed E-state index contributed by atoms with van der Waals surface area (Å²) in [4.78, 5) is 54.6. The Morgan fingerprint density at radius 3 is 2.27 bits per heavy atom. The molecule has 2 aliphatic rings. The molecule has 0 aromatic heterocycles. The second-order valence-corrected chi connectivity index (χ2v) is 9.90. The van der Waals surface area contributed by atoms with Gasteiger partial charge in [0.2, 0.25) is 5.91 Å². The van der Waals surface area contributed by atoms with Crippen molar-refractivity contribution in [2.75, 3.05) is 20.3 Å². The van der Waals surface area contributed by atoms with Crippen molar-refractivity contribution < 1.29 is 28.7 Å². The summed E-state index contributed by atoms with van der Waals surface area (Å²) < 4.78 is 10.5. The van der Waals surface area contributed by atoms with E-state index in [9.17, 15) is 19.2 Å². The third-order valence-electron chi connectivity index (χ3n) is 6.47. The van der Waals surface area contributed by atoms with Crippen LogP contribution in [0, 0.1) is 11.3 Å². The summed E-state index contributed by atoms with van der Waals surface area (Å²) >= 11 is 0. The lowest BCUT2D eigenvalue weighted by molar-refractivity contribution is -0.158. The molecular weight excluding hydrogens is 424 g/mol. The minimum Gasteiger partial charge on any atom is -0.467 e. The van der Waals surface area contributed by atoms with Gasteiger partial charge in [-0.1, -0.05) is 39.0 Å². The Morgan fingerprint density at radius 1 is 1.06 bits per heavy atom. The van der Waals surface area contributed by atoms with E-state index >= 15 is 0 Å². The van der Waals surface area contributed by atoms with E-state index in [0.717, 1.165) is 25.7 Å². The highest BCUT2D eigenvalue weighted by atomic mass is 16.5. The summed E-state index contributed by atoms with van der Waals surface area (Å²) in [5.74, 6) is -2.32. The van der Waals surface area contributed by atoms with E-state index in [0.29, 0.717) is 5.56 Å². The van der Waals surface area contributed by atoms with Gasteiger partial charge in [-0.3, -0.25) is 14.4 Å². The summed E-state index contributed by atoms with van der Waals surface area (Å²) in [5, 5.41) is 0. The number of amides is 2. The Hall–Kier alpha value is -2.90. The smallest absolute Gasteiger partial charge is 0.330 e. The SMILES string of the molecule is COC(=O)[C@@H]1CN(C(=O)c2ccccc2)CN1C(=O)[C@@H](CC(=O)OC1CCCC1)C(C)(C)C. The lowest BCUT2D eigenvalue weighted by atomic mass is 9.77. The van der Waals surface area contributed by atoms with Gasteiger partial charge >= 0.3 is 11.9 Å². The van der Waals surface area contributed by atoms with Gasteiger partial charge in [-0.05, 0) is 43.2 Å². The van der Waals surface area contributed by atoms with Gasteiger partial charge in [0.05, 0.1) is 32.7 Å². The third kappa shape index (κ3) is 5.92. The number of methoxy groups -OCH3 is 1. The fourth-order valence-corrected chi connectivity index (χ4v) is 4.49. The molecule has 0 radical (unpaired) electrons. The van der Waals surface area contributed by atoms with Crippen LogP contribution in [0.3, 0.4) is 0 Å². The lowest BCUT2D eigenvalue weighted by Gasteiger charge is -2.34. The number of rotatable bonds is 6. The maximum atomic E-state index is 13.7. The summed E-state index contributed by atoms with van der Waals surface area (Å²) in [6.45, 7) is 5.64. The van der Waals surface area contributed by atoms with Crippen molar-refractivity contribution in [2.24, 2.45) is 11.3 Å². The van der Waals surface area contributed by atoms with E-state index in [4.69, 9.17) is 9.47 Å². The first-order chi connectivity index (χ1) is 15.6. The highest BCUT2D eigenvalue weighted by Gasteiger charge is 2.46. The molecule has 1 aromatic rings. The van der Waals surface area contributed by atoms with Crippen LogP contribution >= 0.6 is 0 Å². The summed E-state index contributed by atoms with van der Waals surface area (Å²) in [5.41, 5.74) is -0.0773. The predicted molar refractivity (Wildman–Crippen MR) is 121 cm³/mol. The van der Waals surface area contributed by atoms with Crippen LogP contribution in [-0.2, 0) is 23.9 Å². The molecule has 1 aliphatic heterocycles. The zero-order chi connectivity index (χ0) is 24.2. The van der Waals surface area contributed by atoms with Gasteiger partial charge in [0.15, 0.2) is 0 Å². The molecule has 1 saturated carbocycles. The first-order valence-electron chi connectivity index (χ1n) is 11.5. The van der Waals surface area contributed by atoms with Gasteiger partial charge in [-0.2, -0.15) is 0 Å². The second-order valence-electron chi connectivity index (χ2n) is 9.90. The summed E-state index contributed by atoms with van der Waals surface area (Å²) in [6.07, 6.45) is 3.64. The van der Waals surface area contributed by atoms with Crippen LogP contribution in [0.1, 0.15) is 63.2 Å². The first-order valence-corrected chi connectivity index (χ1v) is 11.5. The number of carbonyl (C=O) groups is 4. The van der Waals surface area contributed by atoms with Crippen LogP contribution < -0.4 is 0 Å². The van der Waals surface area contributed by atoms with Crippen molar-refractivity contribution in [3.05, 3.63) is 35.9 Å². The minimum absolute atomic E-state index is 0.0372. The van der Waals surface area contributed by atoms with E-state index in [2.05, 4.69) is 0 Å². The van der Waals surface area contributed by atoms with E-state index in [-0.39, 0.29) is 37.6 Å². The molecule has 2 amide bonds. The molecule has 3 rings (SSSR count). The maximum absolute atomic E-state index is 13.7. The number of ether oxygens (including phenoxy) is 2. The number of hydrogen-bond donors (Lipinski definition) is 0. The van der Waals surface area contributed by atoms with E-state index in [1.807, 2.05) is 26.8 Å². The Morgan fingerprint density at radius 2 is 1.70 bits per heavy atom. The fraction of sp³-hybridized carbons (Fsp3) is 0.600. The van der Waals surface area contributed by atoms with E-state index < -0.39 is 29.3 Å². The van der Waals surface area contributed by atoms with Gasteiger partial charge in [-0.25, -0.2) is 4.79 Å². The van der Waals surface area contributed by atoms with Gasteiger partial charge in [0, 0.05) is 5.56 Å². The quantitative estimate of drug-likeness (QED) is 0.609. The number of carbonyl (C=O) groups excluding carboxylic acids is 4. The molecule has 33 heavy (non-hydrogen) atoms. The Bertz CT molecular complexity index is 873. The van der Waals surface area contributed by atoms with Gasteiger partial charge < -0.3 is 19.3 Å². The van der Waals surface area contributed by atoms with Crippen LogP contribution in [0.25, 0.3) is 0 Å². The fourth-order valence-electron chi connectivity index (χ4n) is 4.49. The normalized spacial score (nSPS) is 19.9. The number of esters is 2. The van der Waals surface area contributed by atoms with E-state index in [1.165, 1.54) is 16.9 Å². The third-order valence-corrected chi connectivity index (χ3v) is 6.47. The lowest BCUT2D eigenvalue weighted by Crippen LogP contribution is -2.48. The van der Waals surface area contributed by atoms with Gasteiger partial charge in [0.1, 0.15) is 12.1 Å². The maximum Gasteiger partial charge on any atom is 0.330 e. The molecule has 1 aromatic carbocycles.